The van der Waals surface area contributed by atoms with Gasteiger partial charge in [0.25, 0.3) is 0 Å². The molecule has 0 spiro atoms. The number of carbonyl (C=O) groups is 1. The van der Waals surface area contributed by atoms with Crippen molar-refractivity contribution in [2.75, 3.05) is 5.73 Å². The Kier molecular flexibility index (Phi) is 1.98. The minimum absolute atomic E-state index is 0.157. The summed E-state index contributed by atoms with van der Waals surface area (Å²) in [5.41, 5.74) is 6.30. The van der Waals surface area contributed by atoms with Crippen molar-refractivity contribution in [1.29, 1.82) is 0 Å². The highest BCUT2D eigenvalue weighted by atomic mass is 16.3. The number of nitrogens with two attached hydrogens (primary N) is 1. The van der Waals surface area contributed by atoms with Crippen LogP contribution in [0.5, 0.6) is 0 Å². The summed E-state index contributed by atoms with van der Waals surface area (Å²) in [5.74, 6) is -0.155. The molecule has 0 bridgehead atoms. The molecule has 2 aromatic heterocycles. The van der Waals surface area contributed by atoms with Crippen molar-refractivity contribution in [2.24, 2.45) is 0 Å². The Hall–Kier alpha value is -2.17. The van der Waals surface area contributed by atoms with Gasteiger partial charge in [0.1, 0.15) is 0 Å². The zero-order chi connectivity index (χ0) is 9.97. The summed E-state index contributed by atoms with van der Waals surface area (Å²) in [6.07, 6.45) is 5.46. The molecule has 2 aromatic rings. The second-order valence-corrected chi connectivity index (χ2v) is 2.66. The smallest absolute Gasteiger partial charge is 0.233 e. The highest BCUT2D eigenvalue weighted by Gasteiger charge is 2.14. The SMILES string of the molecule is Nc1ccncc1C(=O)c1cnco1. The molecule has 0 saturated heterocycles. The zero-order valence-corrected chi connectivity index (χ0v) is 7.18. The van der Waals surface area contributed by atoms with Gasteiger partial charge in [-0.2, -0.15) is 0 Å². The van der Waals surface area contributed by atoms with Crippen LogP contribution in [0.25, 0.3) is 0 Å². The van der Waals surface area contributed by atoms with Crippen molar-refractivity contribution in [1.82, 2.24) is 9.97 Å². The molecule has 0 aromatic carbocycles. The maximum atomic E-state index is 11.7. The van der Waals surface area contributed by atoms with Gasteiger partial charge in [-0.25, -0.2) is 4.98 Å². The number of aromatic nitrogens is 2. The van der Waals surface area contributed by atoms with Gasteiger partial charge < -0.3 is 10.2 Å². The Morgan fingerprint density at radius 2 is 2.21 bits per heavy atom. The summed E-state index contributed by atoms with van der Waals surface area (Å²) in [6, 6.07) is 1.56. The van der Waals surface area contributed by atoms with Gasteiger partial charge in [0, 0.05) is 18.1 Å². The second-order valence-electron chi connectivity index (χ2n) is 2.66. The first-order chi connectivity index (χ1) is 6.79. The van der Waals surface area contributed by atoms with Crippen molar-refractivity contribution in [3.8, 4) is 0 Å². The Bertz CT molecular complexity index is 451. The normalized spacial score (nSPS) is 10.0. The van der Waals surface area contributed by atoms with E-state index in [1.54, 1.807) is 6.07 Å². The fourth-order valence-electron chi connectivity index (χ4n) is 1.06. The molecule has 0 aliphatic heterocycles. The molecule has 0 unspecified atom stereocenters. The molecule has 5 heteroatoms. The predicted molar refractivity (Wildman–Crippen MR) is 48.6 cm³/mol. The van der Waals surface area contributed by atoms with Gasteiger partial charge in [0.05, 0.1) is 11.8 Å². The lowest BCUT2D eigenvalue weighted by molar-refractivity contribution is 0.101. The highest BCUT2D eigenvalue weighted by Crippen LogP contribution is 2.14. The molecule has 70 valence electrons. The molecule has 14 heavy (non-hydrogen) atoms. The van der Waals surface area contributed by atoms with Crippen LogP contribution in [0.3, 0.4) is 0 Å². The van der Waals surface area contributed by atoms with E-state index in [1.807, 2.05) is 0 Å². The molecule has 5 nitrogen and oxygen atoms in total. The molecule has 2 rings (SSSR count). The van der Waals surface area contributed by atoms with Crippen LogP contribution in [0.4, 0.5) is 5.69 Å². The van der Waals surface area contributed by atoms with Crippen LogP contribution in [0.2, 0.25) is 0 Å². The van der Waals surface area contributed by atoms with E-state index in [0.717, 1.165) is 0 Å². The van der Waals surface area contributed by atoms with Gasteiger partial charge in [0.2, 0.25) is 5.78 Å². The fourth-order valence-corrected chi connectivity index (χ4v) is 1.06. The van der Waals surface area contributed by atoms with Crippen LogP contribution in [-0.2, 0) is 0 Å². The van der Waals surface area contributed by atoms with Crippen molar-refractivity contribution in [3.05, 3.63) is 42.4 Å². The van der Waals surface area contributed by atoms with E-state index in [0.29, 0.717) is 11.3 Å². The van der Waals surface area contributed by atoms with Crippen molar-refractivity contribution >= 4 is 11.5 Å². The Morgan fingerprint density at radius 1 is 1.36 bits per heavy atom. The quantitative estimate of drug-likeness (QED) is 0.709. The highest BCUT2D eigenvalue weighted by molar-refractivity contribution is 6.09. The first kappa shape index (κ1) is 8.43. The van der Waals surface area contributed by atoms with E-state index in [1.165, 1.54) is 25.0 Å². The third-order valence-electron chi connectivity index (χ3n) is 1.76. The number of carbonyl (C=O) groups excluding carboxylic acids is 1. The summed E-state index contributed by atoms with van der Waals surface area (Å²) in [4.78, 5) is 19.1. The minimum Gasteiger partial charge on any atom is -0.440 e. The van der Waals surface area contributed by atoms with Gasteiger partial charge in [-0.15, -0.1) is 0 Å². The maximum absolute atomic E-state index is 11.7. The summed E-state index contributed by atoms with van der Waals surface area (Å²) >= 11 is 0. The number of ketones is 1. The fraction of sp³-hybridized carbons (Fsp3) is 0. The van der Waals surface area contributed by atoms with E-state index in [4.69, 9.17) is 10.2 Å². The summed E-state index contributed by atoms with van der Waals surface area (Å²) in [5, 5.41) is 0. The van der Waals surface area contributed by atoms with E-state index in [-0.39, 0.29) is 11.5 Å². The molecule has 2 heterocycles. The number of nitrogens with zero attached hydrogens (tertiary/aromatic N) is 2. The van der Waals surface area contributed by atoms with Crippen LogP contribution in [-0.4, -0.2) is 15.8 Å². The van der Waals surface area contributed by atoms with Crippen LogP contribution in [0.15, 0.2) is 35.5 Å². The molecule has 0 amide bonds. The van der Waals surface area contributed by atoms with Crippen molar-refractivity contribution in [2.45, 2.75) is 0 Å². The maximum Gasteiger partial charge on any atom is 0.233 e. The molecule has 0 aliphatic rings. The third-order valence-corrected chi connectivity index (χ3v) is 1.76. The Morgan fingerprint density at radius 3 is 2.86 bits per heavy atom. The number of nitrogen functional groups attached to an aromatic ring is 1. The zero-order valence-electron chi connectivity index (χ0n) is 7.18. The lowest BCUT2D eigenvalue weighted by atomic mass is 10.1. The van der Waals surface area contributed by atoms with Crippen LogP contribution < -0.4 is 5.73 Å². The molecule has 0 radical (unpaired) electrons. The molecule has 0 aliphatic carbocycles. The topological polar surface area (TPSA) is 82.0 Å². The van der Waals surface area contributed by atoms with Gasteiger partial charge in [-0.05, 0) is 6.07 Å². The average Bonchev–Trinajstić information content (AvgIpc) is 2.70. The number of anilines is 1. The Balaban J connectivity index is 2.42. The number of pyridine rings is 1. The van der Waals surface area contributed by atoms with Crippen LogP contribution in [0, 0.1) is 0 Å². The van der Waals surface area contributed by atoms with E-state index in [2.05, 4.69) is 9.97 Å². The van der Waals surface area contributed by atoms with Crippen LogP contribution in [0.1, 0.15) is 16.1 Å². The predicted octanol–water partition coefficient (Wildman–Crippen LogP) is 0.883. The van der Waals surface area contributed by atoms with Gasteiger partial charge in [-0.1, -0.05) is 0 Å². The molecule has 0 fully saturated rings. The number of rotatable bonds is 2. The minimum atomic E-state index is -0.312. The molecular formula is C9H7N3O2. The summed E-state index contributed by atoms with van der Waals surface area (Å²) < 4.78 is 4.86. The van der Waals surface area contributed by atoms with E-state index in [9.17, 15) is 4.79 Å². The van der Waals surface area contributed by atoms with Gasteiger partial charge in [-0.3, -0.25) is 9.78 Å². The number of oxazole rings is 1. The van der Waals surface area contributed by atoms with Gasteiger partial charge >= 0.3 is 0 Å². The molecule has 2 N–H and O–H groups in total. The van der Waals surface area contributed by atoms with E-state index >= 15 is 0 Å². The standard InChI is InChI=1S/C9H7N3O2/c10-7-1-2-11-3-6(7)9(13)8-4-12-5-14-8/h1-5H,(H2,10,11). The van der Waals surface area contributed by atoms with Crippen molar-refractivity contribution in [3.63, 3.8) is 0 Å². The van der Waals surface area contributed by atoms with Crippen LogP contribution >= 0.6 is 0 Å². The first-order valence-electron chi connectivity index (χ1n) is 3.91. The Labute approximate surface area is 79.6 Å². The second kappa shape index (κ2) is 3.29. The lowest BCUT2D eigenvalue weighted by Crippen LogP contribution is -2.04. The third kappa shape index (κ3) is 1.35. The largest absolute Gasteiger partial charge is 0.440 e. The molecule has 0 saturated carbocycles. The average molecular weight is 189 g/mol. The number of hydrogen-bond acceptors (Lipinski definition) is 5. The lowest BCUT2D eigenvalue weighted by Gasteiger charge is -1.99. The van der Waals surface area contributed by atoms with E-state index < -0.39 is 0 Å². The summed E-state index contributed by atoms with van der Waals surface area (Å²) in [6.45, 7) is 0. The van der Waals surface area contributed by atoms with Crippen molar-refractivity contribution < 1.29 is 9.21 Å². The van der Waals surface area contributed by atoms with Gasteiger partial charge in [0.15, 0.2) is 12.2 Å². The molecular weight excluding hydrogens is 182 g/mol. The molecule has 0 atom stereocenters. The monoisotopic (exact) mass is 189 g/mol. The number of hydrogen-bond donors (Lipinski definition) is 1. The summed E-state index contributed by atoms with van der Waals surface area (Å²) in [7, 11) is 0. The first-order valence-corrected chi connectivity index (χ1v) is 3.91.